The quantitative estimate of drug-likeness (QED) is 0.792. The van der Waals surface area contributed by atoms with E-state index in [-0.39, 0.29) is 18.6 Å². The summed E-state index contributed by atoms with van der Waals surface area (Å²) in [4.78, 5) is 0. The lowest BCUT2D eigenvalue weighted by Crippen LogP contribution is -2.17. The summed E-state index contributed by atoms with van der Waals surface area (Å²) in [5, 5.41) is 8.59. The van der Waals surface area contributed by atoms with Crippen LogP contribution in [0.2, 0.25) is 0 Å². The van der Waals surface area contributed by atoms with Gasteiger partial charge in [0.25, 0.3) is 0 Å². The third kappa shape index (κ3) is 2.70. The second-order valence-electron chi connectivity index (χ2n) is 3.33. The van der Waals surface area contributed by atoms with Crippen molar-refractivity contribution >= 4 is 0 Å². The normalized spacial score (nSPS) is 13.9. The van der Waals surface area contributed by atoms with Crippen LogP contribution in [0.1, 0.15) is 23.6 Å². The zero-order chi connectivity index (χ0) is 12.3. The Morgan fingerprint density at radius 3 is 2.44 bits per heavy atom. The average Bonchev–Trinajstić information content (AvgIpc) is 2.16. The van der Waals surface area contributed by atoms with Crippen LogP contribution in [0.5, 0.6) is 0 Å². The lowest BCUT2D eigenvalue weighted by molar-refractivity contribution is -0.140. The van der Waals surface area contributed by atoms with Gasteiger partial charge in [-0.2, -0.15) is 13.2 Å². The number of benzene rings is 1. The highest BCUT2D eigenvalue weighted by atomic mass is 19.4. The van der Waals surface area contributed by atoms with Crippen LogP contribution in [0.4, 0.5) is 17.6 Å². The summed E-state index contributed by atoms with van der Waals surface area (Å²) in [7, 11) is 0. The van der Waals surface area contributed by atoms with Gasteiger partial charge in [-0.25, -0.2) is 4.39 Å². The highest BCUT2D eigenvalue weighted by Crippen LogP contribution is 2.33. The third-order valence-electron chi connectivity index (χ3n) is 2.17. The van der Waals surface area contributed by atoms with Crippen molar-refractivity contribution in [2.45, 2.75) is 18.6 Å². The summed E-state index contributed by atoms with van der Waals surface area (Å²) < 4.78 is 50.5. The summed E-state index contributed by atoms with van der Waals surface area (Å²) in [5.41, 5.74) is 3.88. The molecule has 1 aromatic rings. The minimum absolute atomic E-state index is 0.0121. The molecule has 0 fully saturated rings. The molecule has 0 aromatic heterocycles. The van der Waals surface area contributed by atoms with Gasteiger partial charge in [0.1, 0.15) is 5.82 Å². The van der Waals surface area contributed by atoms with Crippen LogP contribution in [0.15, 0.2) is 18.2 Å². The number of rotatable bonds is 3. The van der Waals surface area contributed by atoms with E-state index in [1.807, 2.05) is 0 Å². The van der Waals surface area contributed by atoms with E-state index in [0.717, 1.165) is 6.07 Å². The van der Waals surface area contributed by atoms with Crippen molar-refractivity contribution in [1.29, 1.82) is 0 Å². The smallest absolute Gasteiger partial charge is 0.396 e. The van der Waals surface area contributed by atoms with Gasteiger partial charge in [-0.1, -0.05) is 12.1 Å². The maximum absolute atomic E-state index is 13.5. The molecule has 2 nitrogen and oxygen atoms in total. The highest BCUT2D eigenvalue weighted by Gasteiger charge is 2.35. The third-order valence-corrected chi connectivity index (χ3v) is 2.17. The molecule has 90 valence electrons. The number of aliphatic hydroxyl groups excluding tert-OH is 1. The molecule has 1 rings (SSSR count). The predicted molar refractivity (Wildman–Crippen MR) is 50.0 cm³/mol. The van der Waals surface area contributed by atoms with Gasteiger partial charge in [-0.3, -0.25) is 0 Å². The molecule has 0 aliphatic rings. The molecule has 0 saturated heterocycles. The second-order valence-corrected chi connectivity index (χ2v) is 3.33. The van der Waals surface area contributed by atoms with Gasteiger partial charge >= 0.3 is 6.18 Å². The summed E-state index contributed by atoms with van der Waals surface area (Å²) in [6.45, 7) is -0.309. The minimum Gasteiger partial charge on any atom is -0.396 e. The molecule has 0 saturated carbocycles. The van der Waals surface area contributed by atoms with Crippen molar-refractivity contribution < 1.29 is 22.7 Å². The first-order valence-electron chi connectivity index (χ1n) is 4.60. The van der Waals surface area contributed by atoms with E-state index in [0.29, 0.717) is 6.07 Å². The van der Waals surface area contributed by atoms with Crippen LogP contribution in [0.25, 0.3) is 0 Å². The lowest BCUT2D eigenvalue weighted by atomic mass is 10.0. The van der Waals surface area contributed by atoms with Gasteiger partial charge in [-0.05, 0) is 12.5 Å². The van der Waals surface area contributed by atoms with Crippen LogP contribution in [-0.4, -0.2) is 11.7 Å². The molecule has 16 heavy (non-hydrogen) atoms. The number of alkyl halides is 3. The Balaban J connectivity index is 3.14. The second kappa shape index (κ2) is 4.80. The number of halogens is 4. The maximum atomic E-state index is 13.5. The molecular formula is C10H11F4NO. The Hall–Kier alpha value is -1.14. The van der Waals surface area contributed by atoms with E-state index in [1.54, 1.807) is 0 Å². The van der Waals surface area contributed by atoms with E-state index < -0.39 is 23.6 Å². The molecule has 0 aliphatic carbocycles. The van der Waals surface area contributed by atoms with Crippen molar-refractivity contribution in [2.24, 2.45) is 5.73 Å². The molecule has 1 aromatic carbocycles. The Morgan fingerprint density at radius 1 is 1.31 bits per heavy atom. The summed E-state index contributed by atoms with van der Waals surface area (Å²) in [5.74, 6) is -1.36. The van der Waals surface area contributed by atoms with Crippen molar-refractivity contribution in [3.05, 3.63) is 35.1 Å². The summed E-state index contributed by atoms with van der Waals surface area (Å²) in [6, 6.07) is 2.00. The first-order valence-corrected chi connectivity index (χ1v) is 4.60. The van der Waals surface area contributed by atoms with E-state index >= 15 is 0 Å². The molecule has 1 unspecified atom stereocenters. The van der Waals surface area contributed by atoms with Crippen molar-refractivity contribution in [3.8, 4) is 0 Å². The van der Waals surface area contributed by atoms with Crippen LogP contribution < -0.4 is 5.73 Å². The van der Waals surface area contributed by atoms with E-state index in [4.69, 9.17) is 10.8 Å². The first-order chi connectivity index (χ1) is 7.38. The van der Waals surface area contributed by atoms with E-state index in [9.17, 15) is 17.6 Å². The Kier molecular flexibility index (Phi) is 3.88. The van der Waals surface area contributed by atoms with Crippen molar-refractivity contribution in [2.75, 3.05) is 6.61 Å². The van der Waals surface area contributed by atoms with Gasteiger partial charge in [0, 0.05) is 18.2 Å². The lowest BCUT2D eigenvalue weighted by Gasteiger charge is -2.15. The zero-order valence-electron chi connectivity index (χ0n) is 8.26. The van der Waals surface area contributed by atoms with Crippen LogP contribution in [0, 0.1) is 5.82 Å². The Morgan fingerprint density at radius 2 is 1.94 bits per heavy atom. The van der Waals surface area contributed by atoms with Gasteiger partial charge in [-0.15, -0.1) is 0 Å². The SMILES string of the molecule is NC(CCO)c1cccc(C(F)(F)F)c1F. The molecule has 0 spiro atoms. The van der Waals surface area contributed by atoms with Crippen LogP contribution in [-0.2, 0) is 6.18 Å². The Labute approximate surface area is 89.7 Å². The number of hydrogen-bond acceptors (Lipinski definition) is 2. The largest absolute Gasteiger partial charge is 0.419 e. The molecule has 1 atom stereocenters. The molecule has 0 bridgehead atoms. The molecule has 0 heterocycles. The number of aliphatic hydroxyl groups is 1. The summed E-state index contributed by atoms with van der Waals surface area (Å²) in [6.07, 6.45) is -4.72. The fourth-order valence-electron chi connectivity index (χ4n) is 1.35. The van der Waals surface area contributed by atoms with Gasteiger partial charge in [0.2, 0.25) is 0 Å². The Bertz CT molecular complexity index is 364. The zero-order valence-corrected chi connectivity index (χ0v) is 8.26. The van der Waals surface area contributed by atoms with Crippen LogP contribution >= 0.6 is 0 Å². The van der Waals surface area contributed by atoms with Crippen molar-refractivity contribution in [3.63, 3.8) is 0 Å². The molecule has 0 radical (unpaired) electrons. The number of hydrogen-bond donors (Lipinski definition) is 2. The summed E-state index contributed by atoms with van der Waals surface area (Å²) >= 11 is 0. The minimum atomic E-state index is -4.74. The molecule has 6 heteroatoms. The molecule has 0 amide bonds. The highest BCUT2D eigenvalue weighted by molar-refractivity contribution is 5.30. The topological polar surface area (TPSA) is 46.2 Å². The first kappa shape index (κ1) is 12.9. The number of nitrogens with two attached hydrogens (primary N) is 1. The van der Waals surface area contributed by atoms with Gasteiger partial charge in [0.05, 0.1) is 5.56 Å². The standard InChI is InChI=1S/C10H11F4NO/c11-9-6(8(15)4-5-16)2-1-3-7(9)10(12,13)14/h1-3,8,16H,4-5,15H2. The molecular weight excluding hydrogens is 226 g/mol. The monoisotopic (exact) mass is 237 g/mol. The van der Waals surface area contributed by atoms with Gasteiger partial charge in [0.15, 0.2) is 0 Å². The molecule has 3 N–H and O–H groups in total. The predicted octanol–water partition coefficient (Wildman–Crippen LogP) is 2.23. The van der Waals surface area contributed by atoms with E-state index in [2.05, 4.69) is 0 Å². The van der Waals surface area contributed by atoms with E-state index in [1.165, 1.54) is 6.07 Å². The van der Waals surface area contributed by atoms with Crippen LogP contribution in [0.3, 0.4) is 0 Å². The van der Waals surface area contributed by atoms with Crippen molar-refractivity contribution in [1.82, 2.24) is 0 Å². The average molecular weight is 237 g/mol. The molecule has 0 aliphatic heterocycles. The maximum Gasteiger partial charge on any atom is 0.419 e. The fourth-order valence-corrected chi connectivity index (χ4v) is 1.35. The van der Waals surface area contributed by atoms with Gasteiger partial charge < -0.3 is 10.8 Å². The fraction of sp³-hybridized carbons (Fsp3) is 0.400.